The fraction of sp³-hybridized carbons (Fsp3) is 0.500. The van der Waals surface area contributed by atoms with E-state index in [2.05, 4.69) is 86.6 Å². The molecule has 1 atom stereocenters. The van der Waals surface area contributed by atoms with Crippen molar-refractivity contribution in [3.8, 4) is 0 Å². The average molecular weight is 553 g/mol. The first-order valence-corrected chi connectivity index (χ1v) is 11.0. The van der Waals surface area contributed by atoms with Crippen LogP contribution in [0.2, 0.25) is 0 Å². The molecule has 29 heavy (non-hydrogen) atoms. The Morgan fingerprint density at radius 1 is 0.966 bits per heavy atom. The molecular weight excluding hydrogens is 515 g/mol. The van der Waals surface area contributed by atoms with Gasteiger partial charge in [-0.25, -0.2) is 0 Å². The second-order valence-corrected chi connectivity index (χ2v) is 9.95. The molecule has 1 aliphatic carbocycles. The quantitative estimate of drug-likeness (QED) is 0.222. The predicted octanol–water partition coefficient (Wildman–Crippen LogP) is 8.14. The normalized spacial score (nSPS) is 15.5. The summed E-state index contributed by atoms with van der Waals surface area (Å²) in [6.07, 6.45) is 3.70. The van der Waals surface area contributed by atoms with Crippen molar-refractivity contribution in [2.45, 2.75) is 87.5 Å². The van der Waals surface area contributed by atoms with E-state index in [0.717, 1.165) is 0 Å². The third-order valence-corrected chi connectivity index (χ3v) is 7.42. The van der Waals surface area contributed by atoms with E-state index in [9.17, 15) is 0 Å². The molecular formula is C28H38Hf-2. The van der Waals surface area contributed by atoms with Crippen LogP contribution in [0.1, 0.15) is 84.5 Å². The molecule has 156 valence electrons. The van der Waals surface area contributed by atoms with Gasteiger partial charge in [-0.3, -0.25) is 0 Å². The van der Waals surface area contributed by atoms with Crippen molar-refractivity contribution in [1.29, 1.82) is 0 Å². The molecule has 3 aromatic rings. The van der Waals surface area contributed by atoms with Gasteiger partial charge in [0.1, 0.15) is 0 Å². The molecule has 0 bridgehead atoms. The molecule has 0 fully saturated rings. The van der Waals surface area contributed by atoms with Crippen LogP contribution in [-0.2, 0) is 38.7 Å². The van der Waals surface area contributed by atoms with E-state index in [1.807, 2.05) is 0 Å². The fourth-order valence-electron chi connectivity index (χ4n) is 4.84. The zero-order valence-corrected chi connectivity index (χ0v) is 23.6. The topological polar surface area (TPSA) is 0 Å². The first kappa shape index (κ1) is 24.3. The second-order valence-electron chi connectivity index (χ2n) is 9.95. The Bertz CT molecular complexity index is 913. The van der Waals surface area contributed by atoms with Crippen molar-refractivity contribution in [2.75, 3.05) is 0 Å². The summed E-state index contributed by atoms with van der Waals surface area (Å²) in [6, 6.07) is 9.55. The van der Waals surface area contributed by atoms with E-state index in [4.69, 9.17) is 0 Å². The standard InChI is InChI=1S/C18H23.C10H15.Hf/c1-5-12(2)16-7-6-13-8-14-10-18(3,4)11-15(14)9-17(13)16;1-6-7(2)9(4)10(5)8(6)3;/h6-9,12H,5,10-11H2,1-4H3;1-5H3;/q2*-1;. The Kier molecular flexibility index (Phi) is 7.59. The van der Waals surface area contributed by atoms with E-state index < -0.39 is 0 Å². The molecule has 0 aromatic heterocycles. The molecule has 0 amide bonds. The maximum atomic E-state index is 2.47. The Balaban J connectivity index is 0.000000234. The van der Waals surface area contributed by atoms with Crippen molar-refractivity contribution in [1.82, 2.24) is 0 Å². The van der Waals surface area contributed by atoms with Gasteiger partial charge in [0.05, 0.1) is 0 Å². The average Bonchev–Trinajstić information content (AvgIpc) is 3.24. The summed E-state index contributed by atoms with van der Waals surface area (Å²) < 4.78 is 0. The molecule has 0 aliphatic heterocycles. The molecule has 1 unspecified atom stereocenters. The predicted molar refractivity (Wildman–Crippen MR) is 125 cm³/mol. The van der Waals surface area contributed by atoms with Gasteiger partial charge in [-0.05, 0) is 18.3 Å². The van der Waals surface area contributed by atoms with Gasteiger partial charge in [0.2, 0.25) is 0 Å². The molecule has 0 nitrogen and oxygen atoms in total. The summed E-state index contributed by atoms with van der Waals surface area (Å²) >= 11 is 0. The summed E-state index contributed by atoms with van der Waals surface area (Å²) in [7, 11) is 0. The molecule has 0 radical (unpaired) electrons. The van der Waals surface area contributed by atoms with E-state index >= 15 is 0 Å². The van der Waals surface area contributed by atoms with Crippen molar-refractivity contribution < 1.29 is 25.8 Å². The van der Waals surface area contributed by atoms with Crippen LogP contribution in [0.25, 0.3) is 10.8 Å². The van der Waals surface area contributed by atoms with Gasteiger partial charge in [0.25, 0.3) is 0 Å². The minimum Gasteiger partial charge on any atom is -0.196 e. The number of fused-ring (bicyclic) bond motifs is 2. The van der Waals surface area contributed by atoms with Crippen molar-refractivity contribution in [3.63, 3.8) is 0 Å². The second kappa shape index (κ2) is 9.04. The largest absolute Gasteiger partial charge is 0.196 e. The number of hydrogen-bond acceptors (Lipinski definition) is 0. The summed E-state index contributed by atoms with van der Waals surface area (Å²) in [5, 5.41) is 2.95. The number of hydrogen-bond donors (Lipinski definition) is 0. The smallest absolute Gasteiger partial charge is 0 e. The Hall–Kier alpha value is -0.950. The Labute approximate surface area is 197 Å². The molecule has 0 saturated carbocycles. The first-order valence-electron chi connectivity index (χ1n) is 11.0. The molecule has 4 rings (SSSR count). The third kappa shape index (κ3) is 4.71. The minimum absolute atomic E-state index is 0. The van der Waals surface area contributed by atoms with Crippen molar-refractivity contribution in [3.05, 3.63) is 68.8 Å². The summed E-state index contributed by atoms with van der Waals surface area (Å²) in [4.78, 5) is 0. The summed E-state index contributed by atoms with van der Waals surface area (Å²) in [6.45, 7) is 20.4. The number of benzene rings is 1. The molecule has 3 aromatic carbocycles. The maximum Gasteiger partial charge on any atom is 0 e. The van der Waals surface area contributed by atoms with Gasteiger partial charge in [-0.2, -0.15) is 33.9 Å². The van der Waals surface area contributed by atoms with Crippen LogP contribution >= 0.6 is 0 Å². The minimum atomic E-state index is 0. The zero-order chi connectivity index (χ0) is 20.8. The molecule has 1 heteroatoms. The van der Waals surface area contributed by atoms with Crippen molar-refractivity contribution >= 4 is 10.8 Å². The van der Waals surface area contributed by atoms with Gasteiger partial charge >= 0.3 is 0 Å². The first-order chi connectivity index (χ1) is 13.1. The SMILES string of the molecule is CCC(C)[c-]1ccc2cc3c(cc21)CC(C)(C)C3.Cc1c(C)c(C)[c-](C)c1C.[Hf]. The van der Waals surface area contributed by atoms with Crippen molar-refractivity contribution in [2.24, 2.45) is 5.41 Å². The summed E-state index contributed by atoms with van der Waals surface area (Å²) in [5.74, 6) is 0.676. The summed E-state index contributed by atoms with van der Waals surface area (Å²) in [5.41, 5.74) is 12.5. The van der Waals surface area contributed by atoms with Gasteiger partial charge in [-0.15, -0.1) is 34.5 Å². The molecule has 0 N–H and O–H groups in total. The van der Waals surface area contributed by atoms with Gasteiger partial charge in [0.15, 0.2) is 0 Å². The molecule has 0 saturated heterocycles. The Morgan fingerprint density at radius 2 is 1.48 bits per heavy atom. The Morgan fingerprint density at radius 3 is 1.93 bits per heavy atom. The molecule has 0 heterocycles. The van der Waals surface area contributed by atoms with Crippen LogP contribution in [0.5, 0.6) is 0 Å². The van der Waals surface area contributed by atoms with Crippen LogP contribution in [0.3, 0.4) is 0 Å². The van der Waals surface area contributed by atoms with Gasteiger partial charge < -0.3 is 0 Å². The maximum absolute atomic E-state index is 2.47. The van der Waals surface area contributed by atoms with E-state index in [1.165, 1.54) is 57.9 Å². The van der Waals surface area contributed by atoms with Gasteiger partial charge in [-0.1, -0.05) is 85.8 Å². The van der Waals surface area contributed by atoms with Crippen LogP contribution in [-0.4, -0.2) is 0 Å². The molecule has 1 aliphatic rings. The number of rotatable bonds is 2. The van der Waals surface area contributed by atoms with Crippen LogP contribution < -0.4 is 0 Å². The van der Waals surface area contributed by atoms with Crippen LogP contribution in [0.15, 0.2) is 24.3 Å². The van der Waals surface area contributed by atoms with E-state index in [-0.39, 0.29) is 25.8 Å². The van der Waals surface area contributed by atoms with E-state index in [0.29, 0.717) is 11.3 Å². The van der Waals surface area contributed by atoms with E-state index in [1.54, 1.807) is 16.7 Å². The van der Waals surface area contributed by atoms with Crippen LogP contribution in [0, 0.1) is 40.0 Å². The third-order valence-electron chi connectivity index (χ3n) is 7.42. The fourth-order valence-corrected chi connectivity index (χ4v) is 4.84. The van der Waals surface area contributed by atoms with Gasteiger partial charge in [0, 0.05) is 25.8 Å². The zero-order valence-electron chi connectivity index (χ0n) is 20.0. The monoisotopic (exact) mass is 554 g/mol. The molecule has 0 spiro atoms. The van der Waals surface area contributed by atoms with Crippen LogP contribution in [0.4, 0.5) is 0 Å².